The van der Waals surface area contributed by atoms with E-state index in [1.54, 1.807) is 19.0 Å². The van der Waals surface area contributed by atoms with Gasteiger partial charge in [0.15, 0.2) is 12.2 Å². The van der Waals surface area contributed by atoms with Gasteiger partial charge < -0.3 is 28.4 Å². The number of fused-ring (bicyclic) bond motifs is 3. The largest absolute Gasteiger partial charge is 0.462 e. The van der Waals surface area contributed by atoms with Crippen LogP contribution in [0.5, 0.6) is 0 Å². The van der Waals surface area contributed by atoms with Crippen LogP contribution < -0.4 is 0 Å². The molecule has 0 radical (unpaired) electrons. The third-order valence-corrected chi connectivity index (χ3v) is 11.5. The molecule has 1 aromatic carbocycles. The Kier molecular flexibility index (Phi) is 12.9. The number of carbonyl (C=O) groups is 6. The summed E-state index contributed by atoms with van der Waals surface area (Å²) in [6.07, 6.45) is -5.89. The summed E-state index contributed by atoms with van der Waals surface area (Å²) < 4.78 is 36.1. The second-order valence-corrected chi connectivity index (χ2v) is 15.7. The molecular formula is C41H55NO12. The molecule has 0 aliphatic heterocycles. The highest BCUT2D eigenvalue weighted by atomic mass is 16.6. The molecule has 4 rings (SSSR count). The Morgan fingerprint density at radius 3 is 1.83 bits per heavy atom. The zero-order valence-corrected chi connectivity index (χ0v) is 33.3. The first kappa shape index (κ1) is 42.2. The van der Waals surface area contributed by atoms with Crippen molar-refractivity contribution < 1.29 is 57.2 Å². The average molecular weight is 754 g/mol. The number of hydrogen-bond donors (Lipinski definition) is 0. The van der Waals surface area contributed by atoms with Gasteiger partial charge in [0.25, 0.3) is 0 Å². The molecule has 10 unspecified atom stereocenters. The van der Waals surface area contributed by atoms with E-state index in [-0.39, 0.29) is 12.3 Å². The topological polar surface area (TPSA) is 161 Å². The molecule has 10 atom stereocenters. The van der Waals surface area contributed by atoms with Crippen LogP contribution in [0.4, 0.5) is 0 Å². The van der Waals surface area contributed by atoms with Crippen molar-refractivity contribution >= 4 is 35.8 Å². The molecule has 296 valence electrons. The van der Waals surface area contributed by atoms with Crippen LogP contribution in [0.15, 0.2) is 53.6 Å². The monoisotopic (exact) mass is 753 g/mol. The lowest BCUT2D eigenvalue weighted by Gasteiger charge is -2.59. The predicted molar refractivity (Wildman–Crippen MR) is 195 cm³/mol. The normalized spacial score (nSPS) is 30.0. The highest BCUT2D eigenvalue weighted by Crippen LogP contribution is 2.61. The van der Waals surface area contributed by atoms with Crippen molar-refractivity contribution in [2.75, 3.05) is 14.1 Å². The standard InChI is InChI=1S/C41H55NO12/c1-21-30-18-29-19-31(49-23(3)43)22(2)34(40(29,8)9)36(51-25(5)45)38(53-27(7)47)41(30,10)33(50-24(4)44)20-32(21)54-39(48)37(52-26(6)46)35(42(11)12)28-16-14-13-15-17-28/h13-17,29-33,35-38H,1,18-20H2,2-12H3. The van der Waals surface area contributed by atoms with E-state index in [1.165, 1.54) is 34.6 Å². The van der Waals surface area contributed by atoms with E-state index in [4.69, 9.17) is 28.4 Å². The minimum absolute atomic E-state index is 0.0887. The summed E-state index contributed by atoms with van der Waals surface area (Å²) in [6, 6.07) is 8.38. The minimum atomic E-state index is -1.38. The maximum Gasteiger partial charge on any atom is 0.350 e. The van der Waals surface area contributed by atoms with Crippen LogP contribution in [-0.2, 0) is 57.2 Å². The van der Waals surface area contributed by atoms with E-state index < -0.39 is 95.2 Å². The summed E-state index contributed by atoms with van der Waals surface area (Å²) >= 11 is 0. The molecule has 0 amide bonds. The molecule has 1 aromatic rings. The van der Waals surface area contributed by atoms with Gasteiger partial charge in [-0.1, -0.05) is 57.7 Å². The molecule has 0 spiro atoms. The van der Waals surface area contributed by atoms with Gasteiger partial charge in [-0.15, -0.1) is 0 Å². The number of hydrogen-bond acceptors (Lipinski definition) is 13. The number of rotatable bonds is 10. The van der Waals surface area contributed by atoms with E-state index >= 15 is 0 Å². The van der Waals surface area contributed by atoms with Gasteiger partial charge in [0.1, 0.15) is 18.3 Å². The van der Waals surface area contributed by atoms with Crippen LogP contribution in [0.1, 0.15) is 93.2 Å². The van der Waals surface area contributed by atoms with Crippen LogP contribution in [-0.4, -0.2) is 91.4 Å². The van der Waals surface area contributed by atoms with Crippen LogP contribution in [0.2, 0.25) is 0 Å². The Labute approximate surface area is 317 Å². The first-order chi connectivity index (χ1) is 25.1. The molecule has 13 heteroatoms. The van der Waals surface area contributed by atoms with Crippen molar-refractivity contribution in [3.8, 4) is 0 Å². The number of nitrogens with zero attached hydrogens (tertiary/aromatic N) is 1. The van der Waals surface area contributed by atoms with Crippen molar-refractivity contribution in [1.82, 2.24) is 4.90 Å². The minimum Gasteiger partial charge on any atom is -0.462 e. The van der Waals surface area contributed by atoms with Crippen LogP contribution in [0.25, 0.3) is 0 Å². The lowest BCUT2D eigenvalue weighted by molar-refractivity contribution is -0.214. The molecular weight excluding hydrogens is 698 g/mol. The maximum absolute atomic E-state index is 14.3. The van der Waals surface area contributed by atoms with Crippen molar-refractivity contribution in [1.29, 1.82) is 0 Å². The van der Waals surface area contributed by atoms with Crippen LogP contribution in [0.3, 0.4) is 0 Å². The fraction of sp³-hybridized carbons (Fsp3) is 0.610. The van der Waals surface area contributed by atoms with E-state index in [1.807, 2.05) is 58.0 Å². The van der Waals surface area contributed by atoms with Crippen molar-refractivity contribution in [2.45, 2.75) is 124 Å². The number of benzene rings is 1. The first-order valence-corrected chi connectivity index (χ1v) is 18.3. The van der Waals surface area contributed by atoms with E-state index in [0.29, 0.717) is 35.1 Å². The first-order valence-electron chi connectivity index (χ1n) is 18.3. The summed E-state index contributed by atoms with van der Waals surface area (Å²) in [5.74, 6) is -4.87. The molecule has 54 heavy (non-hydrogen) atoms. The predicted octanol–water partition coefficient (Wildman–Crippen LogP) is 5.21. The summed E-state index contributed by atoms with van der Waals surface area (Å²) in [6.45, 7) is 18.4. The van der Waals surface area contributed by atoms with Gasteiger partial charge in [-0.05, 0) is 73.4 Å². The van der Waals surface area contributed by atoms with E-state index in [2.05, 4.69) is 6.58 Å². The molecule has 2 bridgehead atoms. The lowest BCUT2D eigenvalue weighted by atomic mass is 9.49. The number of likely N-dealkylation sites (N-methyl/N-ethyl adjacent to an activating group) is 1. The molecule has 2 saturated carbocycles. The summed E-state index contributed by atoms with van der Waals surface area (Å²) in [7, 11) is 3.51. The third kappa shape index (κ3) is 8.56. The third-order valence-electron chi connectivity index (χ3n) is 11.5. The SMILES string of the molecule is C=C1C(OC(=O)C(OC(C)=O)C(c2ccccc2)N(C)C)CC(OC(C)=O)C2(C)C1CC1CC(OC(C)=O)C(C)=C(C(OC(C)=O)C2OC(C)=O)C1(C)C. The molecule has 3 aliphatic carbocycles. The van der Waals surface area contributed by atoms with Gasteiger partial charge in [0.05, 0.1) is 11.5 Å². The highest BCUT2D eigenvalue weighted by molar-refractivity contribution is 5.80. The quantitative estimate of drug-likeness (QED) is 0.174. The zero-order valence-electron chi connectivity index (χ0n) is 33.3. The fourth-order valence-electron chi connectivity index (χ4n) is 9.13. The number of carbonyl (C=O) groups excluding carboxylic acids is 6. The zero-order chi connectivity index (χ0) is 40.4. The number of ether oxygens (including phenoxy) is 6. The van der Waals surface area contributed by atoms with Crippen molar-refractivity contribution in [3.63, 3.8) is 0 Å². The lowest BCUT2D eigenvalue weighted by Crippen LogP contribution is -2.64. The molecule has 13 nitrogen and oxygen atoms in total. The van der Waals surface area contributed by atoms with Crippen LogP contribution in [0, 0.1) is 22.7 Å². The van der Waals surface area contributed by atoms with Crippen LogP contribution >= 0.6 is 0 Å². The molecule has 2 fully saturated rings. The van der Waals surface area contributed by atoms with Crippen molar-refractivity contribution in [2.24, 2.45) is 22.7 Å². The molecule has 3 aliphatic rings. The van der Waals surface area contributed by atoms with Gasteiger partial charge in [-0.3, -0.25) is 28.9 Å². The molecule has 0 saturated heterocycles. The Balaban J connectivity index is 1.91. The second-order valence-electron chi connectivity index (χ2n) is 15.7. The molecule has 0 heterocycles. The summed E-state index contributed by atoms with van der Waals surface area (Å²) in [4.78, 5) is 79.6. The molecule has 0 N–H and O–H groups in total. The van der Waals surface area contributed by atoms with Gasteiger partial charge in [0, 0.05) is 41.0 Å². The Morgan fingerprint density at radius 2 is 1.31 bits per heavy atom. The second kappa shape index (κ2) is 16.5. The van der Waals surface area contributed by atoms with Gasteiger partial charge in [0.2, 0.25) is 6.10 Å². The highest BCUT2D eigenvalue weighted by Gasteiger charge is 2.64. The fourth-order valence-corrected chi connectivity index (χ4v) is 9.13. The number of esters is 6. The van der Waals surface area contributed by atoms with Gasteiger partial charge >= 0.3 is 35.8 Å². The molecule has 0 aromatic heterocycles. The average Bonchev–Trinajstić information content (AvgIpc) is 3.04. The smallest absolute Gasteiger partial charge is 0.350 e. The van der Waals surface area contributed by atoms with E-state index in [9.17, 15) is 28.8 Å². The summed E-state index contributed by atoms with van der Waals surface area (Å²) in [5.41, 5.74) is 0.499. The van der Waals surface area contributed by atoms with Crippen molar-refractivity contribution in [3.05, 3.63) is 59.2 Å². The van der Waals surface area contributed by atoms with E-state index in [0.717, 1.165) is 0 Å². The Hall–Kier alpha value is -4.52. The summed E-state index contributed by atoms with van der Waals surface area (Å²) in [5, 5.41) is 0. The van der Waals surface area contributed by atoms with Gasteiger partial charge in [-0.2, -0.15) is 0 Å². The maximum atomic E-state index is 14.3. The Morgan fingerprint density at radius 1 is 0.741 bits per heavy atom. The van der Waals surface area contributed by atoms with Gasteiger partial charge in [-0.25, -0.2) is 4.79 Å². The Bertz CT molecular complexity index is 1680.